The van der Waals surface area contributed by atoms with Gasteiger partial charge in [0.25, 0.3) is 5.82 Å². The van der Waals surface area contributed by atoms with Crippen molar-refractivity contribution >= 4 is 17.5 Å². The Morgan fingerprint density at radius 1 is 1.21 bits per heavy atom. The third-order valence-electron chi connectivity index (χ3n) is 3.79. The maximum atomic E-state index is 13.4. The largest absolute Gasteiger partial charge is 0.455 e. The van der Waals surface area contributed by atoms with Crippen molar-refractivity contribution in [2.45, 2.75) is 12.6 Å². The zero-order chi connectivity index (χ0) is 20.5. The van der Waals surface area contributed by atoms with Crippen LogP contribution in [0.1, 0.15) is 27.6 Å². The maximum absolute atomic E-state index is 13.4. The lowest BCUT2D eigenvalue weighted by Crippen LogP contribution is -2.13. The highest BCUT2D eigenvalue weighted by Crippen LogP contribution is 2.29. The summed E-state index contributed by atoms with van der Waals surface area (Å²) in [5.41, 5.74) is 7.07. The van der Waals surface area contributed by atoms with E-state index in [1.807, 2.05) is 0 Å². The molecule has 3 rings (SSSR count). The minimum atomic E-state index is -4.70. The first-order valence-electron chi connectivity index (χ1n) is 7.77. The highest BCUT2D eigenvalue weighted by atomic mass is 35.5. The molecule has 0 bridgehead atoms. The molecule has 145 valence electrons. The van der Waals surface area contributed by atoms with Gasteiger partial charge in [0, 0.05) is 5.56 Å². The summed E-state index contributed by atoms with van der Waals surface area (Å²) in [6, 6.07) is 8.68. The topological polar surface area (TPSA) is 82.0 Å². The summed E-state index contributed by atoms with van der Waals surface area (Å²) in [5.74, 6) is -3.01. The van der Waals surface area contributed by atoms with Crippen molar-refractivity contribution in [1.29, 1.82) is 0 Å². The molecule has 1 aromatic heterocycles. The zero-order valence-corrected chi connectivity index (χ0v) is 14.7. The maximum Gasteiger partial charge on any atom is 0.455 e. The van der Waals surface area contributed by atoms with Crippen LogP contribution in [0.5, 0.6) is 0 Å². The second-order valence-electron chi connectivity index (χ2n) is 5.74. The van der Waals surface area contributed by atoms with Crippen LogP contribution >= 0.6 is 11.6 Å². The van der Waals surface area contributed by atoms with E-state index in [9.17, 15) is 22.4 Å². The molecule has 5 nitrogen and oxygen atoms in total. The second kappa shape index (κ2) is 7.59. The average Bonchev–Trinajstić information content (AvgIpc) is 3.11. The van der Waals surface area contributed by atoms with Crippen LogP contribution in [-0.2, 0) is 12.6 Å². The van der Waals surface area contributed by atoms with E-state index in [0.717, 1.165) is 6.07 Å². The second-order valence-corrected chi connectivity index (χ2v) is 6.14. The first-order valence-corrected chi connectivity index (χ1v) is 8.15. The summed E-state index contributed by atoms with van der Waals surface area (Å²) in [6.45, 7) is 0. The number of carbonyl (C=O) groups excluding carboxylic acids is 1. The first-order chi connectivity index (χ1) is 13.1. The van der Waals surface area contributed by atoms with E-state index in [1.165, 1.54) is 24.6 Å². The number of aromatic nitrogens is 2. The molecule has 0 aliphatic carbocycles. The summed E-state index contributed by atoms with van der Waals surface area (Å²) in [7, 11) is 0. The van der Waals surface area contributed by atoms with Gasteiger partial charge in [0.1, 0.15) is 5.82 Å². The highest BCUT2D eigenvalue weighted by molar-refractivity contribution is 6.31. The minimum absolute atomic E-state index is 0.109. The predicted molar refractivity (Wildman–Crippen MR) is 91.8 cm³/mol. The molecule has 0 unspecified atom stereocenters. The lowest BCUT2D eigenvalue weighted by atomic mass is 9.95. The number of benzene rings is 2. The van der Waals surface area contributed by atoms with Crippen LogP contribution < -0.4 is 5.73 Å². The number of carbonyl (C=O) groups is 1. The number of hydrogen-bond acceptors (Lipinski definition) is 4. The molecule has 0 atom stereocenters. The Hall–Kier alpha value is -2.94. The van der Waals surface area contributed by atoms with Crippen molar-refractivity contribution in [3.8, 4) is 11.1 Å². The van der Waals surface area contributed by atoms with E-state index in [-0.39, 0.29) is 22.9 Å². The van der Waals surface area contributed by atoms with E-state index in [2.05, 4.69) is 14.7 Å². The van der Waals surface area contributed by atoms with Crippen molar-refractivity contribution in [3.63, 3.8) is 0 Å². The molecular weight excluding hydrogens is 402 g/mol. The van der Waals surface area contributed by atoms with E-state index in [4.69, 9.17) is 17.3 Å². The number of halogens is 5. The van der Waals surface area contributed by atoms with Gasteiger partial charge in [-0.1, -0.05) is 35.0 Å². The molecule has 0 saturated carbocycles. The third kappa shape index (κ3) is 4.30. The molecule has 1 amide bonds. The van der Waals surface area contributed by atoms with Crippen molar-refractivity contribution in [2.24, 2.45) is 5.73 Å². The summed E-state index contributed by atoms with van der Waals surface area (Å²) in [6.07, 6.45) is -3.30. The highest BCUT2D eigenvalue weighted by Gasteiger charge is 2.37. The fraction of sp³-hybridized carbons (Fsp3) is 0.111. The summed E-state index contributed by atoms with van der Waals surface area (Å²) >= 11 is 5.78. The van der Waals surface area contributed by atoms with Gasteiger partial charge >= 0.3 is 6.18 Å². The average molecular weight is 413 g/mol. The van der Waals surface area contributed by atoms with Gasteiger partial charge in [0.15, 0.2) is 0 Å². The monoisotopic (exact) mass is 412 g/mol. The van der Waals surface area contributed by atoms with Gasteiger partial charge in [-0.3, -0.25) is 4.79 Å². The SMILES string of the molecule is NC(=O)c1cc(C[CH]c2nc(C(F)(F)F)no2)ccc1-c1ccc(F)c(Cl)c1. The molecule has 28 heavy (non-hydrogen) atoms. The Balaban J connectivity index is 1.83. The van der Waals surface area contributed by atoms with Gasteiger partial charge in [-0.05, 0) is 41.3 Å². The summed E-state index contributed by atoms with van der Waals surface area (Å²) in [4.78, 5) is 15.1. The number of rotatable bonds is 5. The van der Waals surface area contributed by atoms with Crippen LogP contribution in [0.4, 0.5) is 17.6 Å². The predicted octanol–water partition coefficient (Wildman–Crippen LogP) is 4.44. The van der Waals surface area contributed by atoms with E-state index in [0.29, 0.717) is 16.7 Å². The van der Waals surface area contributed by atoms with E-state index < -0.39 is 23.7 Å². The summed E-state index contributed by atoms with van der Waals surface area (Å²) in [5, 5.41) is 2.75. The molecule has 2 aromatic carbocycles. The first kappa shape index (κ1) is 19.8. The van der Waals surface area contributed by atoms with Gasteiger partial charge in [0.2, 0.25) is 11.8 Å². The minimum Gasteiger partial charge on any atom is -0.366 e. The number of alkyl halides is 3. The van der Waals surface area contributed by atoms with Gasteiger partial charge in [0.05, 0.1) is 11.4 Å². The van der Waals surface area contributed by atoms with Crippen LogP contribution in [-0.4, -0.2) is 16.0 Å². The molecule has 2 N–H and O–H groups in total. The Kier molecular flexibility index (Phi) is 5.37. The molecular formula is C18H11ClF4N3O2. The number of amides is 1. The fourth-order valence-electron chi connectivity index (χ4n) is 2.48. The van der Waals surface area contributed by atoms with E-state index >= 15 is 0 Å². The van der Waals surface area contributed by atoms with Gasteiger partial charge < -0.3 is 10.3 Å². The molecule has 0 aliphatic heterocycles. The number of primary amides is 1. The molecule has 0 fully saturated rings. The smallest absolute Gasteiger partial charge is 0.366 e. The van der Waals surface area contributed by atoms with Crippen LogP contribution in [0.15, 0.2) is 40.9 Å². The van der Waals surface area contributed by atoms with Gasteiger partial charge in [-0.2, -0.15) is 18.2 Å². The summed E-state index contributed by atoms with van der Waals surface area (Å²) < 4.78 is 55.3. The molecule has 3 aromatic rings. The fourth-order valence-corrected chi connectivity index (χ4v) is 2.66. The molecule has 1 radical (unpaired) electrons. The molecule has 0 saturated heterocycles. The Labute approximate surface area is 161 Å². The molecule has 0 spiro atoms. The van der Waals surface area contributed by atoms with Crippen LogP contribution in [0.25, 0.3) is 11.1 Å². The van der Waals surface area contributed by atoms with Crippen LogP contribution in [0.2, 0.25) is 5.02 Å². The third-order valence-corrected chi connectivity index (χ3v) is 4.08. The molecule has 1 heterocycles. The van der Waals surface area contributed by atoms with Crippen molar-refractivity contribution in [2.75, 3.05) is 0 Å². The zero-order valence-electron chi connectivity index (χ0n) is 13.9. The van der Waals surface area contributed by atoms with Crippen molar-refractivity contribution < 1.29 is 26.9 Å². The molecule has 10 heteroatoms. The normalized spacial score (nSPS) is 11.6. The Morgan fingerprint density at radius 3 is 2.57 bits per heavy atom. The molecule has 0 aliphatic rings. The standard InChI is InChI=1S/C18H11ClF4N3O2/c19-13-8-10(3-5-14(13)20)11-4-1-9(7-12(11)16(24)27)2-6-15-25-17(26-28-15)18(21,22)23/h1,3-8H,2H2,(H2,24,27). The quantitative estimate of drug-likeness (QED) is 0.628. The van der Waals surface area contributed by atoms with Crippen molar-refractivity contribution in [1.82, 2.24) is 10.1 Å². The van der Waals surface area contributed by atoms with Crippen LogP contribution in [0.3, 0.4) is 0 Å². The van der Waals surface area contributed by atoms with Crippen LogP contribution in [0, 0.1) is 12.2 Å². The van der Waals surface area contributed by atoms with Gasteiger partial charge in [-0.25, -0.2) is 4.39 Å². The number of hydrogen-bond donors (Lipinski definition) is 1. The Morgan fingerprint density at radius 2 is 1.96 bits per heavy atom. The van der Waals surface area contributed by atoms with E-state index in [1.54, 1.807) is 12.1 Å². The number of nitrogens with zero attached hydrogens (tertiary/aromatic N) is 2. The lowest BCUT2D eigenvalue weighted by Gasteiger charge is -2.10. The Bertz CT molecular complexity index is 1030. The lowest BCUT2D eigenvalue weighted by molar-refractivity contribution is -0.146. The van der Waals surface area contributed by atoms with Gasteiger partial charge in [-0.15, -0.1) is 0 Å². The number of nitrogens with two attached hydrogens (primary N) is 1. The van der Waals surface area contributed by atoms with Crippen molar-refractivity contribution in [3.05, 3.63) is 76.5 Å².